The summed E-state index contributed by atoms with van der Waals surface area (Å²) in [5, 5.41) is 18.3. The Kier molecular flexibility index (Phi) is 11.8. The van der Waals surface area contributed by atoms with E-state index in [1.165, 1.54) is 0 Å². The van der Waals surface area contributed by atoms with Crippen LogP contribution in [-0.2, 0) is 36.8 Å². The maximum Gasteiger partial charge on any atom is 0.326 e. The molecule has 12 heteroatoms. The average Bonchev–Trinajstić information content (AvgIpc) is 3.37. The number of carboxylic acid groups (broad SMARTS) is 1. The van der Waals surface area contributed by atoms with E-state index in [1.807, 2.05) is 44.2 Å². The van der Waals surface area contributed by atoms with Gasteiger partial charge in [-0.15, -0.1) is 0 Å². The van der Waals surface area contributed by atoms with Gasteiger partial charge in [-0.1, -0.05) is 62.4 Å². The molecule has 4 atom stereocenters. The van der Waals surface area contributed by atoms with Gasteiger partial charge in [-0.25, -0.2) is 4.79 Å². The molecular weight excluding hydrogens is 552 g/mol. The molecule has 0 aliphatic carbocycles. The molecule has 0 spiro atoms. The van der Waals surface area contributed by atoms with Crippen molar-refractivity contribution in [3.63, 3.8) is 0 Å². The van der Waals surface area contributed by atoms with Gasteiger partial charge in [-0.2, -0.15) is 0 Å². The maximum atomic E-state index is 13.6. The van der Waals surface area contributed by atoms with Gasteiger partial charge < -0.3 is 37.5 Å². The van der Waals surface area contributed by atoms with Crippen molar-refractivity contribution < 1.29 is 29.1 Å². The van der Waals surface area contributed by atoms with E-state index in [0.717, 1.165) is 22.0 Å². The fraction of sp³-hybridized carbons (Fsp3) is 0.387. The highest BCUT2D eigenvalue weighted by atomic mass is 16.4. The molecule has 43 heavy (non-hydrogen) atoms. The molecule has 0 saturated heterocycles. The first-order valence-corrected chi connectivity index (χ1v) is 14.2. The van der Waals surface area contributed by atoms with Gasteiger partial charge >= 0.3 is 5.97 Å². The molecule has 230 valence electrons. The molecule has 4 unspecified atom stereocenters. The lowest BCUT2D eigenvalue weighted by Gasteiger charge is -2.25. The largest absolute Gasteiger partial charge is 0.480 e. The van der Waals surface area contributed by atoms with Crippen LogP contribution in [0.2, 0.25) is 0 Å². The minimum absolute atomic E-state index is 0.0287. The van der Waals surface area contributed by atoms with Gasteiger partial charge in [0.2, 0.25) is 23.6 Å². The fourth-order valence-electron chi connectivity index (χ4n) is 4.76. The zero-order chi connectivity index (χ0) is 31.5. The minimum atomic E-state index is -1.27. The number of nitrogens with two attached hydrogens (primary N) is 2. The lowest BCUT2D eigenvalue weighted by Crippen LogP contribution is -2.58. The van der Waals surface area contributed by atoms with Crippen molar-refractivity contribution >= 4 is 40.5 Å². The highest BCUT2D eigenvalue weighted by molar-refractivity contribution is 5.95. The van der Waals surface area contributed by atoms with Crippen LogP contribution in [0.4, 0.5) is 0 Å². The van der Waals surface area contributed by atoms with E-state index in [2.05, 4.69) is 20.9 Å². The Balaban J connectivity index is 1.78. The SMILES string of the molecule is CC(C)CC(NC(=O)C(CCC(N)=O)NC(=O)C(Cc1ccccc1)NC(=O)C(N)Cc1c[nH]c2ccccc12)C(=O)O. The fourth-order valence-corrected chi connectivity index (χ4v) is 4.76. The summed E-state index contributed by atoms with van der Waals surface area (Å²) in [5.41, 5.74) is 14.1. The zero-order valence-corrected chi connectivity index (χ0v) is 24.3. The predicted molar refractivity (Wildman–Crippen MR) is 161 cm³/mol. The second-order valence-electron chi connectivity index (χ2n) is 11.0. The highest BCUT2D eigenvalue weighted by Gasteiger charge is 2.31. The molecule has 2 aromatic carbocycles. The van der Waals surface area contributed by atoms with Crippen LogP contribution in [0, 0.1) is 5.92 Å². The number of carboxylic acids is 1. The van der Waals surface area contributed by atoms with E-state index in [4.69, 9.17) is 11.5 Å². The number of amides is 4. The summed E-state index contributed by atoms with van der Waals surface area (Å²) < 4.78 is 0. The quantitative estimate of drug-likeness (QED) is 0.129. The third-order valence-electron chi connectivity index (χ3n) is 7.00. The second-order valence-corrected chi connectivity index (χ2v) is 11.0. The molecule has 3 aromatic rings. The average molecular weight is 593 g/mol. The molecule has 0 radical (unpaired) electrons. The van der Waals surface area contributed by atoms with E-state index < -0.39 is 53.8 Å². The van der Waals surface area contributed by atoms with Gasteiger partial charge in [-0.3, -0.25) is 19.2 Å². The van der Waals surface area contributed by atoms with E-state index in [9.17, 15) is 29.1 Å². The Morgan fingerprint density at radius 1 is 0.814 bits per heavy atom. The van der Waals surface area contributed by atoms with Crippen LogP contribution in [0.15, 0.2) is 60.8 Å². The number of para-hydroxylation sites is 1. The number of fused-ring (bicyclic) bond motifs is 1. The van der Waals surface area contributed by atoms with Crippen LogP contribution in [0.3, 0.4) is 0 Å². The van der Waals surface area contributed by atoms with E-state index in [-0.39, 0.29) is 38.0 Å². The van der Waals surface area contributed by atoms with E-state index in [0.29, 0.717) is 0 Å². The number of hydrogen-bond acceptors (Lipinski definition) is 6. The van der Waals surface area contributed by atoms with Crippen molar-refractivity contribution in [1.82, 2.24) is 20.9 Å². The lowest BCUT2D eigenvalue weighted by atomic mass is 10.0. The molecule has 1 aromatic heterocycles. The number of aromatic amines is 1. The Hall–Kier alpha value is -4.71. The normalized spacial score (nSPS) is 14.0. The number of H-pyrrole nitrogens is 1. The first-order chi connectivity index (χ1) is 20.4. The molecule has 9 N–H and O–H groups in total. The van der Waals surface area contributed by atoms with Crippen LogP contribution < -0.4 is 27.4 Å². The third-order valence-corrected chi connectivity index (χ3v) is 7.00. The number of hydrogen-bond donors (Lipinski definition) is 7. The van der Waals surface area contributed by atoms with Crippen LogP contribution in [0.5, 0.6) is 0 Å². The van der Waals surface area contributed by atoms with E-state index >= 15 is 0 Å². The number of rotatable bonds is 16. The second kappa shape index (κ2) is 15.5. The molecule has 1 heterocycles. The summed E-state index contributed by atoms with van der Waals surface area (Å²) in [6.07, 6.45) is 1.87. The molecule has 0 bridgehead atoms. The number of aliphatic carboxylic acids is 1. The molecule has 0 aliphatic rings. The summed E-state index contributed by atoms with van der Waals surface area (Å²) in [5.74, 6) is -3.98. The molecule has 3 rings (SSSR count). The van der Waals surface area contributed by atoms with Crippen molar-refractivity contribution in [3.8, 4) is 0 Å². The first-order valence-electron chi connectivity index (χ1n) is 14.2. The summed E-state index contributed by atoms with van der Waals surface area (Å²) in [6, 6.07) is 12.0. The summed E-state index contributed by atoms with van der Waals surface area (Å²) in [4.78, 5) is 66.3. The summed E-state index contributed by atoms with van der Waals surface area (Å²) in [7, 11) is 0. The topological polar surface area (TPSA) is 209 Å². The number of primary amides is 1. The number of benzene rings is 2. The van der Waals surface area contributed by atoms with Crippen molar-refractivity contribution in [1.29, 1.82) is 0 Å². The number of aromatic nitrogens is 1. The zero-order valence-electron chi connectivity index (χ0n) is 24.3. The van der Waals surface area contributed by atoms with Crippen molar-refractivity contribution in [2.75, 3.05) is 0 Å². The Morgan fingerprint density at radius 3 is 2.07 bits per heavy atom. The van der Waals surface area contributed by atoms with Crippen LogP contribution in [0.1, 0.15) is 44.2 Å². The minimum Gasteiger partial charge on any atom is -0.480 e. The predicted octanol–water partition coefficient (Wildman–Crippen LogP) is 1.13. The van der Waals surface area contributed by atoms with Crippen molar-refractivity contribution in [2.24, 2.45) is 17.4 Å². The smallest absolute Gasteiger partial charge is 0.326 e. The van der Waals surface area contributed by atoms with Gasteiger partial charge in [0, 0.05) is 29.9 Å². The highest BCUT2D eigenvalue weighted by Crippen LogP contribution is 2.19. The van der Waals surface area contributed by atoms with Crippen molar-refractivity contribution in [3.05, 3.63) is 71.9 Å². The Morgan fingerprint density at radius 2 is 1.42 bits per heavy atom. The molecular formula is C31H40N6O6. The monoisotopic (exact) mass is 592 g/mol. The van der Waals surface area contributed by atoms with Crippen LogP contribution >= 0.6 is 0 Å². The number of nitrogens with one attached hydrogen (secondary N) is 4. The summed E-state index contributed by atoms with van der Waals surface area (Å²) in [6.45, 7) is 3.63. The van der Waals surface area contributed by atoms with Gasteiger partial charge in [0.1, 0.15) is 18.1 Å². The third kappa shape index (κ3) is 9.96. The van der Waals surface area contributed by atoms with Crippen molar-refractivity contribution in [2.45, 2.75) is 70.1 Å². The standard InChI is InChI=1S/C31H40N6O6/c1-18(2)14-26(31(42)43)37-29(40)24(12-13-27(33)38)35-30(41)25(15-19-8-4-3-5-9-19)36-28(39)22(32)16-20-17-34-23-11-7-6-10-21(20)23/h3-11,17-18,22,24-26,34H,12-16,32H2,1-2H3,(H2,33,38)(H,35,41)(H,36,39)(H,37,40)(H,42,43). The summed E-state index contributed by atoms with van der Waals surface area (Å²) >= 11 is 0. The van der Waals surface area contributed by atoms with Gasteiger partial charge in [0.25, 0.3) is 0 Å². The van der Waals surface area contributed by atoms with Gasteiger partial charge in [0.15, 0.2) is 0 Å². The molecule has 0 saturated carbocycles. The molecule has 0 fully saturated rings. The molecule has 12 nitrogen and oxygen atoms in total. The van der Waals surface area contributed by atoms with E-state index in [1.54, 1.807) is 30.5 Å². The van der Waals surface area contributed by atoms with Crippen LogP contribution in [-0.4, -0.2) is 63.9 Å². The van der Waals surface area contributed by atoms with Gasteiger partial charge in [-0.05, 0) is 42.4 Å². The number of carbonyl (C=O) groups is 5. The number of carbonyl (C=O) groups excluding carboxylic acids is 4. The first kappa shape index (κ1) is 32.8. The Bertz CT molecular complexity index is 1420. The lowest BCUT2D eigenvalue weighted by molar-refractivity contribution is -0.143. The molecule has 4 amide bonds. The van der Waals surface area contributed by atoms with Gasteiger partial charge in [0.05, 0.1) is 6.04 Å². The Labute approximate surface area is 250 Å². The molecule has 0 aliphatic heterocycles. The van der Waals surface area contributed by atoms with Crippen LogP contribution in [0.25, 0.3) is 10.9 Å². The maximum absolute atomic E-state index is 13.6.